The third kappa shape index (κ3) is 3.57. The summed E-state index contributed by atoms with van der Waals surface area (Å²) >= 11 is 3.07. The number of thiophene rings is 1. The van der Waals surface area contributed by atoms with E-state index in [1.165, 1.54) is 11.3 Å². The molecule has 6 nitrogen and oxygen atoms in total. The fourth-order valence-electron chi connectivity index (χ4n) is 2.12. The number of carbonyl (C=O) groups is 1. The van der Waals surface area contributed by atoms with Crippen molar-refractivity contribution in [1.29, 1.82) is 0 Å². The monoisotopic (exact) mass is 336 g/mol. The first kappa shape index (κ1) is 15.3. The maximum atomic E-state index is 12.6. The Hall–Kier alpha value is -1.64. The summed E-state index contributed by atoms with van der Waals surface area (Å²) in [5, 5.41) is 1.95. The summed E-state index contributed by atoms with van der Waals surface area (Å²) < 4.78 is 5.29. The maximum absolute atomic E-state index is 12.6. The SMILES string of the molecule is Nc1nccc(CSc2ccsc2C(=O)N2CCOCC2)n1. The molecule has 1 fully saturated rings. The predicted molar refractivity (Wildman–Crippen MR) is 87.0 cm³/mol. The highest BCUT2D eigenvalue weighted by atomic mass is 32.2. The Morgan fingerprint density at radius 2 is 2.23 bits per heavy atom. The number of hydrogen-bond acceptors (Lipinski definition) is 7. The normalized spacial score (nSPS) is 15.0. The highest BCUT2D eigenvalue weighted by Crippen LogP contribution is 2.31. The minimum atomic E-state index is 0.0861. The smallest absolute Gasteiger partial charge is 0.265 e. The van der Waals surface area contributed by atoms with Crippen LogP contribution >= 0.6 is 23.1 Å². The van der Waals surface area contributed by atoms with Gasteiger partial charge in [0, 0.05) is 29.9 Å². The number of hydrogen-bond donors (Lipinski definition) is 1. The van der Waals surface area contributed by atoms with Gasteiger partial charge in [-0.05, 0) is 17.5 Å². The first-order valence-corrected chi connectivity index (χ1v) is 8.75. The van der Waals surface area contributed by atoms with Crippen LogP contribution in [0.25, 0.3) is 0 Å². The quantitative estimate of drug-likeness (QED) is 0.859. The number of carbonyl (C=O) groups excluding carboxylic acids is 1. The van der Waals surface area contributed by atoms with Gasteiger partial charge in [-0.2, -0.15) is 0 Å². The van der Waals surface area contributed by atoms with Gasteiger partial charge in [-0.3, -0.25) is 4.79 Å². The number of thioether (sulfide) groups is 1. The molecule has 8 heteroatoms. The Bertz CT molecular complexity index is 656. The van der Waals surface area contributed by atoms with Gasteiger partial charge in [0.15, 0.2) is 0 Å². The second-order valence-corrected chi connectivity index (χ2v) is 6.65. The van der Waals surface area contributed by atoms with Crippen molar-refractivity contribution in [3.8, 4) is 0 Å². The molecule has 0 spiro atoms. The average molecular weight is 336 g/mol. The zero-order valence-electron chi connectivity index (χ0n) is 11.9. The van der Waals surface area contributed by atoms with E-state index in [9.17, 15) is 4.79 Å². The number of nitrogen functional groups attached to an aromatic ring is 1. The van der Waals surface area contributed by atoms with Crippen molar-refractivity contribution < 1.29 is 9.53 Å². The summed E-state index contributed by atoms with van der Waals surface area (Å²) in [4.78, 5) is 24.2. The molecule has 22 heavy (non-hydrogen) atoms. The molecule has 0 bridgehead atoms. The molecular weight excluding hydrogens is 320 g/mol. The number of morpholine rings is 1. The summed E-state index contributed by atoms with van der Waals surface area (Å²) in [6.07, 6.45) is 1.64. The van der Waals surface area contributed by atoms with Gasteiger partial charge in [0.25, 0.3) is 5.91 Å². The Morgan fingerprint density at radius 3 is 3.00 bits per heavy atom. The largest absolute Gasteiger partial charge is 0.378 e. The Morgan fingerprint density at radius 1 is 1.41 bits per heavy atom. The molecule has 1 amide bonds. The fourth-order valence-corrected chi connectivity index (χ4v) is 4.13. The third-order valence-electron chi connectivity index (χ3n) is 3.23. The number of aromatic nitrogens is 2. The molecule has 0 atom stereocenters. The number of anilines is 1. The van der Waals surface area contributed by atoms with Gasteiger partial charge in [-0.15, -0.1) is 23.1 Å². The molecule has 1 saturated heterocycles. The molecule has 0 aromatic carbocycles. The molecule has 1 aliphatic heterocycles. The van der Waals surface area contributed by atoms with E-state index in [1.54, 1.807) is 18.0 Å². The van der Waals surface area contributed by atoms with E-state index in [4.69, 9.17) is 10.5 Å². The number of ether oxygens (including phenoxy) is 1. The van der Waals surface area contributed by atoms with E-state index in [0.29, 0.717) is 32.1 Å². The lowest BCUT2D eigenvalue weighted by molar-refractivity contribution is 0.0304. The average Bonchev–Trinajstić information content (AvgIpc) is 3.01. The van der Waals surface area contributed by atoms with Crippen molar-refractivity contribution in [2.45, 2.75) is 10.6 Å². The molecule has 3 heterocycles. The standard InChI is InChI=1S/C14H16N4O2S2/c15-14-16-3-1-10(17-14)9-22-11-2-8-21-12(11)13(19)18-4-6-20-7-5-18/h1-3,8H,4-7,9H2,(H2,15,16,17). The van der Waals surface area contributed by atoms with E-state index >= 15 is 0 Å². The number of rotatable bonds is 4. The molecule has 116 valence electrons. The number of nitrogens with two attached hydrogens (primary N) is 1. The number of nitrogens with zero attached hydrogens (tertiary/aromatic N) is 3. The van der Waals surface area contributed by atoms with Crippen LogP contribution in [0.15, 0.2) is 28.6 Å². The van der Waals surface area contributed by atoms with Crippen molar-refractivity contribution in [3.63, 3.8) is 0 Å². The van der Waals surface area contributed by atoms with Crippen LogP contribution in [0, 0.1) is 0 Å². The van der Waals surface area contributed by atoms with Gasteiger partial charge in [-0.1, -0.05) is 0 Å². The lowest BCUT2D eigenvalue weighted by Crippen LogP contribution is -2.40. The Labute approximate surface area is 136 Å². The number of amides is 1. The van der Waals surface area contributed by atoms with Gasteiger partial charge < -0.3 is 15.4 Å². The lowest BCUT2D eigenvalue weighted by Gasteiger charge is -2.26. The van der Waals surface area contributed by atoms with Crippen LogP contribution in [0.1, 0.15) is 15.4 Å². The summed E-state index contributed by atoms with van der Waals surface area (Å²) in [5.41, 5.74) is 6.44. The molecule has 2 aromatic heterocycles. The first-order chi connectivity index (χ1) is 10.7. The van der Waals surface area contributed by atoms with Crippen molar-refractivity contribution in [2.75, 3.05) is 32.0 Å². The Balaban J connectivity index is 1.68. The second kappa shape index (κ2) is 7.08. The summed E-state index contributed by atoms with van der Waals surface area (Å²) in [5.74, 6) is 1.02. The summed E-state index contributed by atoms with van der Waals surface area (Å²) in [6.45, 7) is 2.53. The third-order valence-corrected chi connectivity index (χ3v) is 5.35. The van der Waals surface area contributed by atoms with Crippen molar-refractivity contribution >= 4 is 35.0 Å². The zero-order valence-corrected chi connectivity index (χ0v) is 13.5. The van der Waals surface area contributed by atoms with E-state index < -0.39 is 0 Å². The highest BCUT2D eigenvalue weighted by Gasteiger charge is 2.22. The van der Waals surface area contributed by atoms with Crippen LogP contribution in [0.4, 0.5) is 5.95 Å². The molecule has 1 aliphatic rings. The molecule has 3 rings (SSSR count). The zero-order chi connectivity index (χ0) is 15.4. The van der Waals surface area contributed by atoms with Crippen LogP contribution in [0.2, 0.25) is 0 Å². The van der Waals surface area contributed by atoms with Crippen LogP contribution < -0.4 is 5.73 Å². The van der Waals surface area contributed by atoms with Crippen LogP contribution in [0.3, 0.4) is 0 Å². The van der Waals surface area contributed by atoms with Gasteiger partial charge in [0.1, 0.15) is 4.88 Å². The molecule has 0 unspecified atom stereocenters. The van der Waals surface area contributed by atoms with Gasteiger partial charge in [0.2, 0.25) is 5.95 Å². The molecule has 2 aromatic rings. The van der Waals surface area contributed by atoms with Gasteiger partial charge in [-0.25, -0.2) is 9.97 Å². The van der Waals surface area contributed by atoms with Crippen molar-refractivity contribution in [1.82, 2.24) is 14.9 Å². The highest BCUT2D eigenvalue weighted by molar-refractivity contribution is 7.98. The second-order valence-electron chi connectivity index (χ2n) is 4.71. The van der Waals surface area contributed by atoms with Crippen LogP contribution in [-0.2, 0) is 10.5 Å². The van der Waals surface area contributed by atoms with Crippen LogP contribution in [0.5, 0.6) is 0 Å². The van der Waals surface area contributed by atoms with Gasteiger partial charge >= 0.3 is 0 Å². The summed E-state index contributed by atoms with van der Waals surface area (Å²) in [6, 6.07) is 3.81. The molecule has 2 N–H and O–H groups in total. The minimum Gasteiger partial charge on any atom is -0.378 e. The van der Waals surface area contributed by atoms with E-state index in [0.717, 1.165) is 15.5 Å². The van der Waals surface area contributed by atoms with E-state index in [2.05, 4.69) is 9.97 Å². The Kier molecular flexibility index (Phi) is 4.91. The molecule has 0 aliphatic carbocycles. The summed E-state index contributed by atoms with van der Waals surface area (Å²) in [7, 11) is 0. The fraction of sp³-hybridized carbons (Fsp3) is 0.357. The van der Waals surface area contributed by atoms with Crippen molar-refractivity contribution in [3.05, 3.63) is 34.3 Å². The van der Waals surface area contributed by atoms with Crippen molar-refractivity contribution in [2.24, 2.45) is 0 Å². The predicted octanol–water partition coefficient (Wildman–Crippen LogP) is 1.89. The first-order valence-electron chi connectivity index (χ1n) is 6.89. The maximum Gasteiger partial charge on any atom is 0.265 e. The van der Waals surface area contributed by atoms with E-state index in [-0.39, 0.29) is 11.9 Å². The molecule has 0 radical (unpaired) electrons. The van der Waals surface area contributed by atoms with Crippen LogP contribution in [-0.4, -0.2) is 47.1 Å². The minimum absolute atomic E-state index is 0.0861. The van der Waals surface area contributed by atoms with E-state index in [1.807, 2.05) is 22.4 Å². The topological polar surface area (TPSA) is 81.3 Å². The molecule has 0 saturated carbocycles. The lowest BCUT2D eigenvalue weighted by atomic mass is 10.3. The molecular formula is C14H16N4O2S2. The van der Waals surface area contributed by atoms with Gasteiger partial charge in [0.05, 0.1) is 18.9 Å².